The van der Waals surface area contributed by atoms with Gasteiger partial charge in [-0.1, -0.05) is 39.7 Å². The first-order valence-electron chi connectivity index (χ1n) is 10.5. The summed E-state index contributed by atoms with van der Waals surface area (Å²) in [4.78, 5) is 15.3. The van der Waals surface area contributed by atoms with Crippen LogP contribution >= 0.6 is 27.5 Å². The maximum absolute atomic E-state index is 13.1. The molecule has 0 spiro atoms. The lowest BCUT2D eigenvalue weighted by Crippen LogP contribution is -2.33. The molecule has 5 rings (SSSR count). The number of fused-ring (bicyclic) bond motifs is 3. The monoisotopic (exact) mass is 525 g/mol. The number of rotatable bonds is 5. The van der Waals surface area contributed by atoms with E-state index < -0.39 is 0 Å². The lowest BCUT2D eigenvalue weighted by molar-refractivity contribution is 0.0950. The smallest absolute Gasteiger partial charge is 0.231 e. The minimum atomic E-state index is -0.145. The molecule has 33 heavy (non-hydrogen) atoms. The highest BCUT2D eigenvalue weighted by molar-refractivity contribution is 9.10. The van der Waals surface area contributed by atoms with Crippen LogP contribution in [0.1, 0.15) is 27.0 Å². The van der Waals surface area contributed by atoms with Gasteiger partial charge in [0.05, 0.1) is 18.2 Å². The van der Waals surface area contributed by atoms with Crippen molar-refractivity contribution in [1.29, 1.82) is 0 Å². The highest BCUT2D eigenvalue weighted by Gasteiger charge is 2.33. The van der Waals surface area contributed by atoms with Crippen LogP contribution in [0.25, 0.3) is 6.08 Å². The Bertz CT molecular complexity index is 1260. The van der Waals surface area contributed by atoms with Crippen LogP contribution in [0.4, 0.5) is 0 Å². The van der Waals surface area contributed by atoms with E-state index in [2.05, 4.69) is 20.8 Å². The number of carbonyl (C=O) groups is 1. The molecule has 0 aromatic heterocycles. The quantitative estimate of drug-likeness (QED) is 0.375. The fraction of sp³-hybridized carbons (Fsp3) is 0.192. The maximum Gasteiger partial charge on any atom is 0.231 e. The van der Waals surface area contributed by atoms with E-state index in [1.165, 1.54) is 5.56 Å². The Morgan fingerprint density at radius 1 is 1.15 bits per heavy atom. The second-order valence-corrected chi connectivity index (χ2v) is 9.30. The van der Waals surface area contributed by atoms with Gasteiger partial charge in [0, 0.05) is 28.1 Å². The molecule has 3 aromatic rings. The van der Waals surface area contributed by atoms with Crippen molar-refractivity contribution in [2.45, 2.75) is 13.0 Å². The van der Waals surface area contributed by atoms with E-state index in [4.69, 9.17) is 25.8 Å². The predicted molar refractivity (Wildman–Crippen MR) is 131 cm³/mol. The largest absolute Gasteiger partial charge is 0.496 e. The molecule has 168 valence electrons. The molecule has 5 nitrogen and oxygen atoms in total. The minimum Gasteiger partial charge on any atom is -0.496 e. The van der Waals surface area contributed by atoms with E-state index in [9.17, 15) is 4.79 Å². The predicted octanol–water partition coefficient (Wildman–Crippen LogP) is 6.12. The third-order valence-electron chi connectivity index (χ3n) is 5.79. The lowest BCUT2D eigenvalue weighted by atomic mass is 10.0. The van der Waals surface area contributed by atoms with E-state index in [-0.39, 0.29) is 11.5 Å². The summed E-state index contributed by atoms with van der Waals surface area (Å²) < 4.78 is 18.4. The summed E-state index contributed by atoms with van der Waals surface area (Å²) in [6, 6.07) is 17.1. The lowest BCUT2D eigenvalue weighted by Gasteiger charge is -2.29. The van der Waals surface area contributed by atoms with Crippen molar-refractivity contribution in [2.24, 2.45) is 0 Å². The summed E-state index contributed by atoms with van der Waals surface area (Å²) in [5.74, 6) is 2.12. The summed E-state index contributed by atoms with van der Waals surface area (Å²) in [6.45, 7) is 1.95. The van der Waals surface area contributed by atoms with Crippen molar-refractivity contribution in [3.05, 3.63) is 92.1 Å². The fourth-order valence-electron chi connectivity index (χ4n) is 4.05. The Labute approximate surface area is 205 Å². The molecular weight excluding hydrogens is 506 g/mol. The average molecular weight is 527 g/mol. The normalized spacial score (nSPS) is 16.2. The van der Waals surface area contributed by atoms with Crippen molar-refractivity contribution in [2.75, 3.05) is 20.4 Å². The van der Waals surface area contributed by atoms with E-state index >= 15 is 0 Å². The van der Waals surface area contributed by atoms with Crippen LogP contribution in [0.3, 0.4) is 0 Å². The number of Topliss-reactive ketones (excluding diaryl/α,β-unsaturated/α-hetero) is 1. The van der Waals surface area contributed by atoms with Crippen LogP contribution in [-0.4, -0.2) is 31.1 Å². The van der Waals surface area contributed by atoms with E-state index in [0.717, 1.165) is 39.3 Å². The van der Waals surface area contributed by atoms with E-state index in [1.54, 1.807) is 19.3 Å². The molecule has 2 aliphatic heterocycles. The first kappa shape index (κ1) is 22.0. The Morgan fingerprint density at radius 3 is 2.76 bits per heavy atom. The number of benzene rings is 3. The van der Waals surface area contributed by atoms with Gasteiger partial charge in [0.25, 0.3) is 0 Å². The number of ketones is 1. The minimum absolute atomic E-state index is 0.145. The van der Waals surface area contributed by atoms with Crippen LogP contribution in [0, 0.1) is 0 Å². The summed E-state index contributed by atoms with van der Waals surface area (Å²) in [5, 5.41) is 0.732. The molecule has 0 radical (unpaired) electrons. The van der Waals surface area contributed by atoms with Gasteiger partial charge < -0.3 is 14.2 Å². The van der Waals surface area contributed by atoms with E-state index in [1.807, 2.05) is 48.5 Å². The zero-order valence-corrected chi connectivity index (χ0v) is 20.3. The van der Waals surface area contributed by atoms with Gasteiger partial charge in [-0.05, 0) is 60.5 Å². The second kappa shape index (κ2) is 9.21. The Hall–Kier alpha value is -2.80. The molecule has 0 aliphatic carbocycles. The molecule has 7 heteroatoms. The van der Waals surface area contributed by atoms with Gasteiger partial charge in [0.15, 0.2) is 5.76 Å². The SMILES string of the molecule is COc1ccc(Br)cc1/C=C1\Oc2c(ccc3c2CN(CCc2ccc(Cl)cc2)CO3)C1=O. The molecule has 0 unspecified atom stereocenters. The number of hydrogen-bond donors (Lipinski definition) is 0. The van der Waals surface area contributed by atoms with Gasteiger partial charge in [-0.25, -0.2) is 0 Å². The molecule has 3 aromatic carbocycles. The first-order valence-corrected chi connectivity index (χ1v) is 11.7. The van der Waals surface area contributed by atoms with Crippen LogP contribution in [-0.2, 0) is 13.0 Å². The molecule has 0 atom stereocenters. The van der Waals surface area contributed by atoms with Crippen molar-refractivity contribution < 1.29 is 19.0 Å². The highest BCUT2D eigenvalue weighted by Crippen LogP contribution is 2.42. The fourth-order valence-corrected chi connectivity index (χ4v) is 4.55. The number of allylic oxidation sites excluding steroid dienone is 1. The summed E-state index contributed by atoms with van der Waals surface area (Å²) in [6.07, 6.45) is 2.60. The van der Waals surface area contributed by atoms with Crippen LogP contribution < -0.4 is 14.2 Å². The molecule has 2 heterocycles. The number of ether oxygens (including phenoxy) is 3. The average Bonchev–Trinajstić information content (AvgIpc) is 3.14. The first-order chi connectivity index (χ1) is 16.0. The molecule has 0 amide bonds. The molecule has 0 N–H and O–H groups in total. The Balaban J connectivity index is 1.38. The molecule has 0 saturated carbocycles. The number of hydrogen-bond acceptors (Lipinski definition) is 5. The maximum atomic E-state index is 13.1. The van der Waals surface area contributed by atoms with Gasteiger partial charge in [0.1, 0.15) is 24.0 Å². The zero-order chi connectivity index (χ0) is 22.9. The second-order valence-electron chi connectivity index (χ2n) is 7.95. The van der Waals surface area contributed by atoms with Gasteiger partial charge in [-0.2, -0.15) is 0 Å². The van der Waals surface area contributed by atoms with Gasteiger partial charge in [-0.15, -0.1) is 0 Å². The van der Waals surface area contributed by atoms with Crippen LogP contribution in [0.5, 0.6) is 17.2 Å². The Kier molecular flexibility index (Phi) is 6.15. The highest BCUT2D eigenvalue weighted by atomic mass is 79.9. The molecule has 0 saturated heterocycles. The number of carbonyl (C=O) groups excluding carboxylic acids is 1. The molecule has 2 aliphatic rings. The number of nitrogens with zero attached hydrogens (tertiary/aromatic N) is 1. The van der Waals surface area contributed by atoms with Crippen molar-refractivity contribution in [3.8, 4) is 17.2 Å². The van der Waals surface area contributed by atoms with Crippen molar-refractivity contribution >= 4 is 39.4 Å². The summed E-state index contributed by atoms with van der Waals surface area (Å²) in [7, 11) is 1.60. The van der Waals surface area contributed by atoms with Crippen molar-refractivity contribution in [1.82, 2.24) is 4.90 Å². The third kappa shape index (κ3) is 4.51. The zero-order valence-electron chi connectivity index (χ0n) is 17.9. The van der Waals surface area contributed by atoms with Gasteiger partial charge in [-0.3, -0.25) is 9.69 Å². The topological polar surface area (TPSA) is 48.0 Å². The standard InChI is InChI=1S/C26H21BrClNO4/c1-31-22-8-4-18(27)12-17(22)13-24-25(30)20-7-9-23-21(26(20)33-24)14-29(15-32-23)11-10-16-2-5-19(28)6-3-16/h2-9,12-13H,10-11,14-15H2,1H3/b24-13-. The Morgan fingerprint density at radius 2 is 1.97 bits per heavy atom. The van der Waals surface area contributed by atoms with Gasteiger partial charge >= 0.3 is 0 Å². The van der Waals surface area contributed by atoms with E-state index in [0.29, 0.717) is 30.3 Å². The third-order valence-corrected chi connectivity index (χ3v) is 6.54. The number of methoxy groups -OCH3 is 1. The molecule has 0 fully saturated rings. The summed E-state index contributed by atoms with van der Waals surface area (Å²) >= 11 is 9.45. The number of halogens is 2. The van der Waals surface area contributed by atoms with Gasteiger partial charge in [0.2, 0.25) is 5.78 Å². The van der Waals surface area contributed by atoms with Crippen LogP contribution in [0.2, 0.25) is 5.02 Å². The molecular formula is C26H21BrClNO4. The van der Waals surface area contributed by atoms with Crippen molar-refractivity contribution in [3.63, 3.8) is 0 Å². The molecule has 0 bridgehead atoms. The summed E-state index contributed by atoms with van der Waals surface area (Å²) in [5.41, 5.74) is 3.42. The van der Waals surface area contributed by atoms with Crippen LogP contribution in [0.15, 0.2) is 64.8 Å².